The number of aromatic nitrogens is 1. The first-order valence-corrected chi connectivity index (χ1v) is 6.29. The molecule has 100 valence electrons. The maximum Gasteiger partial charge on any atom is 0.160 e. The van der Waals surface area contributed by atoms with Crippen LogP contribution in [0.1, 0.15) is 12.5 Å². The van der Waals surface area contributed by atoms with E-state index in [1.807, 2.05) is 17.9 Å². The molecule has 0 saturated carbocycles. The maximum absolute atomic E-state index is 13.3. The lowest BCUT2D eigenvalue weighted by molar-refractivity contribution is 0.508. The zero-order chi connectivity index (χ0) is 13.8. The largest absolute Gasteiger partial charge is 0.367 e. The highest BCUT2D eigenvalue weighted by molar-refractivity contribution is 6.30. The molecular formula is C14H13ClF2N2. The summed E-state index contributed by atoms with van der Waals surface area (Å²) in [5, 5.41) is 0.420. The van der Waals surface area contributed by atoms with Crippen LogP contribution < -0.4 is 4.90 Å². The molecule has 1 heterocycles. The number of hydrogen-bond acceptors (Lipinski definition) is 2. The van der Waals surface area contributed by atoms with Gasteiger partial charge in [-0.05, 0) is 25.1 Å². The third-order valence-electron chi connectivity index (χ3n) is 2.85. The zero-order valence-electron chi connectivity index (χ0n) is 10.4. The molecule has 1 aromatic heterocycles. The van der Waals surface area contributed by atoms with Crippen molar-refractivity contribution in [2.45, 2.75) is 13.5 Å². The van der Waals surface area contributed by atoms with E-state index in [1.54, 1.807) is 18.3 Å². The second kappa shape index (κ2) is 5.97. The number of nitrogens with zero attached hydrogens (tertiary/aromatic N) is 2. The fraction of sp³-hybridized carbons (Fsp3) is 0.214. The molecule has 19 heavy (non-hydrogen) atoms. The summed E-state index contributed by atoms with van der Waals surface area (Å²) in [7, 11) is 0. The van der Waals surface area contributed by atoms with Crippen molar-refractivity contribution in [3.8, 4) is 0 Å². The second-order valence-corrected chi connectivity index (χ2v) is 4.42. The minimum absolute atomic E-state index is 0.420. The van der Waals surface area contributed by atoms with Gasteiger partial charge in [0.1, 0.15) is 5.15 Å². The Bertz CT molecular complexity index is 575. The molecule has 0 aliphatic heterocycles. The summed E-state index contributed by atoms with van der Waals surface area (Å²) in [6.07, 6.45) is 1.61. The highest BCUT2D eigenvalue weighted by Gasteiger charge is 2.11. The Hall–Kier alpha value is -1.68. The van der Waals surface area contributed by atoms with Crippen molar-refractivity contribution in [3.63, 3.8) is 0 Å². The van der Waals surface area contributed by atoms with Crippen LogP contribution in [-0.2, 0) is 6.54 Å². The van der Waals surface area contributed by atoms with Gasteiger partial charge in [-0.15, -0.1) is 0 Å². The minimum atomic E-state index is -0.853. The molecule has 5 heteroatoms. The van der Waals surface area contributed by atoms with Gasteiger partial charge in [0.2, 0.25) is 0 Å². The van der Waals surface area contributed by atoms with Crippen molar-refractivity contribution in [2.75, 3.05) is 11.4 Å². The van der Waals surface area contributed by atoms with Crippen LogP contribution >= 0.6 is 11.6 Å². The van der Waals surface area contributed by atoms with Crippen LogP contribution in [0.5, 0.6) is 0 Å². The molecule has 0 saturated heterocycles. The lowest BCUT2D eigenvalue weighted by atomic mass is 10.2. The van der Waals surface area contributed by atoms with E-state index < -0.39 is 11.6 Å². The number of pyridine rings is 1. The molecule has 2 aromatic rings. The molecule has 0 aliphatic rings. The van der Waals surface area contributed by atoms with E-state index in [4.69, 9.17) is 11.6 Å². The normalized spacial score (nSPS) is 10.5. The van der Waals surface area contributed by atoms with Crippen LogP contribution in [0, 0.1) is 11.6 Å². The van der Waals surface area contributed by atoms with Crippen LogP contribution in [0.15, 0.2) is 36.5 Å². The van der Waals surface area contributed by atoms with Crippen LogP contribution in [0.2, 0.25) is 5.15 Å². The SMILES string of the molecule is CCN(Cc1cccnc1Cl)c1ccc(F)c(F)c1. The molecule has 0 aliphatic carbocycles. The Morgan fingerprint density at radius 2 is 2.00 bits per heavy atom. The smallest absolute Gasteiger partial charge is 0.160 e. The minimum Gasteiger partial charge on any atom is -0.367 e. The van der Waals surface area contributed by atoms with E-state index in [9.17, 15) is 8.78 Å². The number of hydrogen-bond donors (Lipinski definition) is 0. The first-order valence-electron chi connectivity index (χ1n) is 5.91. The summed E-state index contributed by atoms with van der Waals surface area (Å²) in [6.45, 7) is 3.08. The summed E-state index contributed by atoms with van der Waals surface area (Å²) < 4.78 is 26.2. The monoisotopic (exact) mass is 282 g/mol. The molecule has 0 unspecified atom stereocenters. The first-order chi connectivity index (χ1) is 9.11. The van der Waals surface area contributed by atoms with Gasteiger partial charge in [0.05, 0.1) is 0 Å². The van der Waals surface area contributed by atoms with Gasteiger partial charge in [0.15, 0.2) is 11.6 Å². The zero-order valence-corrected chi connectivity index (χ0v) is 11.2. The van der Waals surface area contributed by atoms with Gasteiger partial charge in [-0.3, -0.25) is 0 Å². The Kier molecular flexibility index (Phi) is 4.32. The average molecular weight is 283 g/mol. The summed E-state index contributed by atoms with van der Waals surface area (Å²) >= 11 is 6.00. The molecule has 2 nitrogen and oxygen atoms in total. The van der Waals surface area contributed by atoms with E-state index >= 15 is 0 Å². The van der Waals surface area contributed by atoms with Gasteiger partial charge in [-0.2, -0.15) is 0 Å². The van der Waals surface area contributed by atoms with Crippen LogP contribution in [0.4, 0.5) is 14.5 Å². The van der Waals surface area contributed by atoms with Gasteiger partial charge in [0, 0.05) is 36.6 Å². The second-order valence-electron chi connectivity index (χ2n) is 4.07. The fourth-order valence-corrected chi connectivity index (χ4v) is 1.99. The maximum atomic E-state index is 13.3. The highest BCUT2D eigenvalue weighted by Crippen LogP contribution is 2.22. The predicted octanol–water partition coefficient (Wildman–Crippen LogP) is 4.04. The van der Waals surface area contributed by atoms with Gasteiger partial charge >= 0.3 is 0 Å². The molecule has 2 rings (SSSR count). The number of benzene rings is 1. The van der Waals surface area contributed by atoms with Crippen molar-refractivity contribution in [2.24, 2.45) is 0 Å². The lowest BCUT2D eigenvalue weighted by Gasteiger charge is -2.23. The van der Waals surface area contributed by atoms with E-state index in [0.29, 0.717) is 23.9 Å². The molecule has 0 bridgehead atoms. The van der Waals surface area contributed by atoms with Gasteiger partial charge in [0.25, 0.3) is 0 Å². The van der Waals surface area contributed by atoms with E-state index in [0.717, 1.165) is 11.6 Å². The molecule has 1 aromatic carbocycles. The Morgan fingerprint density at radius 3 is 2.63 bits per heavy atom. The van der Waals surface area contributed by atoms with E-state index in [-0.39, 0.29) is 0 Å². The van der Waals surface area contributed by atoms with E-state index in [1.165, 1.54) is 6.07 Å². The summed E-state index contributed by atoms with van der Waals surface area (Å²) in [5.41, 5.74) is 1.46. The number of anilines is 1. The number of halogens is 3. The van der Waals surface area contributed by atoms with Crippen molar-refractivity contribution >= 4 is 17.3 Å². The summed E-state index contributed by atoms with van der Waals surface area (Å²) in [5.74, 6) is -1.70. The number of rotatable bonds is 4. The first kappa shape index (κ1) is 13.7. The van der Waals surface area contributed by atoms with E-state index in [2.05, 4.69) is 4.98 Å². The average Bonchev–Trinajstić information content (AvgIpc) is 2.41. The molecule has 0 spiro atoms. The third-order valence-corrected chi connectivity index (χ3v) is 3.19. The fourth-order valence-electron chi connectivity index (χ4n) is 1.81. The summed E-state index contributed by atoms with van der Waals surface area (Å²) in [4.78, 5) is 5.89. The summed E-state index contributed by atoms with van der Waals surface area (Å²) in [6, 6.07) is 7.51. The van der Waals surface area contributed by atoms with Crippen molar-refractivity contribution < 1.29 is 8.78 Å². The topological polar surface area (TPSA) is 16.1 Å². The standard InChI is InChI=1S/C14H13ClF2N2/c1-2-19(9-10-4-3-7-18-14(10)15)11-5-6-12(16)13(17)8-11/h3-8H,2,9H2,1H3. The van der Waals surface area contributed by atoms with Crippen molar-refractivity contribution in [3.05, 3.63) is 58.9 Å². The quantitative estimate of drug-likeness (QED) is 0.787. The Balaban J connectivity index is 2.25. The molecule has 0 amide bonds. The Labute approximate surface area is 115 Å². The predicted molar refractivity (Wildman–Crippen MR) is 72.3 cm³/mol. The molecule has 0 fully saturated rings. The molecule has 0 N–H and O–H groups in total. The van der Waals surface area contributed by atoms with Gasteiger partial charge in [-0.25, -0.2) is 13.8 Å². The van der Waals surface area contributed by atoms with Gasteiger partial charge < -0.3 is 4.90 Å². The molecule has 0 atom stereocenters. The molecule has 0 radical (unpaired) electrons. The van der Waals surface area contributed by atoms with Crippen LogP contribution in [-0.4, -0.2) is 11.5 Å². The Morgan fingerprint density at radius 1 is 1.21 bits per heavy atom. The van der Waals surface area contributed by atoms with Crippen LogP contribution in [0.3, 0.4) is 0 Å². The third kappa shape index (κ3) is 3.20. The van der Waals surface area contributed by atoms with Crippen molar-refractivity contribution in [1.29, 1.82) is 0 Å². The van der Waals surface area contributed by atoms with Gasteiger partial charge in [-0.1, -0.05) is 17.7 Å². The molecular weight excluding hydrogens is 270 g/mol. The van der Waals surface area contributed by atoms with Crippen LogP contribution in [0.25, 0.3) is 0 Å². The lowest BCUT2D eigenvalue weighted by Crippen LogP contribution is -2.22. The van der Waals surface area contributed by atoms with Crippen molar-refractivity contribution in [1.82, 2.24) is 4.98 Å². The highest BCUT2D eigenvalue weighted by atomic mass is 35.5.